The van der Waals surface area contributed by atoms with Crippen LogP contribution in [0.2, 0.25) is 0 Å². The van der Waals surface area contributed by atoms with Crippen LogP contribution in [-0.4, -0.2) is 41.1 Å². The first-order chi connectivity index (χ1) is 8.99. The smallest absolute Gasteiger partial charge is 0.304 e. The summed E-state index contributed by atoms with van der Waals surface area (Å²) in [6.45, 7) is 0. The molecule has 0 aliphatic heterocycles. The highest BCUT2D eigenvalue weighted by molar-refractivity contribution is 5.73. The normalized spacial score (nSPS) is 14.7. The zero-order chi connectivity index (χ0) is 14.0. The highest BCUT2D eigenvalue weighted by Crippen LogP contribution is 2.26. The van der Waals surface area contributed by atoms with Crippen LogP contribution >= 0.6 is 0 Å². The minimum atomic E-state index is -0.903. The van der Waals surface area contributed by atoms with E-state index in [2.05, 4.69) is 4.98 Å². The maximum atomic E-state index is 10.8. The van der Waals surface area contributed by atoms with Crippen molar-refractivity contribution in [2.75, 3.05) is 14.1 Å². The van der Waals surface area contributed by atoms with Crippen LogP contribution in [0.3, 0.4) is 0 Å². The van der Waals surface area contributed by atoms with Crippen LogP contribution < -0.4 is 5.73 Å². The Morgan fingerprint density at radius 1 is 1.53 bits per heavy atom. The summed E-state index contributed by atoms with van der Waals surface area (Å²) in [7, 11) is 3.74. The van der Waals surface area contributed by atoms with Gasteiger partial charge in [0.1, 0.15) is 5.52 Å². The summed E-state index contributed by atoms with van der Waals surface area (Å²) < 4.78 is 5.26. The molecule has 6 heteroatoms. The Balaban J connectivity index is 2.34. The van der Waals surface area contributed by atoms with E-state index in [1.807, 2.05) is 37.2 Å². The Kier molecular flexibility index (Phi) is 3.82. The molecule has 1 heterocycles. The van der Waals surface area contributed by atoms with Gasteiger partial charge in [-0.2, -0.15) is 0 Å². The summed E-state index contributed by atoms with van der Waals surface area (Å²) in [4.78, 5) is 16.8. The fourth-order valence-corrected chi connectivity index (χ4v) is 2.30. The number of nitrogens with zero attached hydrogens (tertiary/aromatic N) is 2. The van der Waals surface area contributed by atoms with Crippen molar-refractivity contribution in [1.29, 1.82) is 0 Å². The fraction of sp³-hybridized carbons (Fsp3) is 0.385. The summed E-state index contributed by atoms with van der Waals surface area (Å²) in [5.41, 5.74) is 8.37. The van der Waals surface area contributed by atoms with Crippen LogP contribution in [0.1, 0.15) is 18.0 Å². The van der Waals surface area contributed by atoms with Gasteiger partial charge in [-0.1, -0.05) is 6.07 Å². The average Bonchev–Trinajstić information content (AvgIpc) is 2.74. The standard InChI is InChI=1S/C13H17N3O3/c1-16(2)13(9(14)6-12(17)18)8-3-4-10-11(5-8)19-7-15-10/h3-5,7,9,13H,6,14H2,1-2H3,(H,17,18). The van der Waals surface area contributed by atoms with E-state index < -0.39 is 12.0 Å². The number of likely N-dealkylation sites (N-methyl/N-ethyl adjacent to an activating group) is 1. The first-order valence-corrected chi connectivity index (χ1v) is 5.96. The predicted octanol–water partition coefficient (Wildman–Crippen LogP) is 1.23. The lowest BCUT2D eigenvalue weighted by Crippen LogP contribution is -2.38. The largest absolute Gasteiger partial charge is 0.481 e. The summed E-state index contributed by atoms with van der Waals surface area (Å²) in [6, 6.07) is 4.92. The second-order valence-corrected chi connectivity index (χ2v) is 4.75. The van der Waals surface area contributed by atoms with E-state index in [9.17, 15) is 4.79 Å². The average molecular weight is 263 g/mol. The summed E-state index contributed by atoms with van der Waals surface area (Å²) in [6.07, 6.45) is 1.30. The molecular weight excluding hydrogens is 246 g/mol. The van der Waals surface area contributed by atoms with Gasteiger partial charge < -0.3 is 20.2 Å². The molecule has 0 bridgehead atoms. The highest BCUT2D eigenvalue weighted by Gasteiger charge is 2.24. The Morgan fingerprint density at radius 2 is 2.26 bits per heavy atom. The van der Waals surface area contributed by atoms with E-state index >= 15 is 0 Å². The Labute approximate surface area is 110 Å². The van der Waals surface area contributed by atoms with Crippen molar-refractivity contribution >= 4 is 17.1 Å². The SMILES string of the molecule is CN(C)C(c1ccc2ncoc2c1)C(N)CC(=O)O. The third kappa shape index (κ3) is 2.91. The quantitative estimate of drug-likeness (QED) is 0.843. The first-order valence-electron chi connectivity index (χ1n) is 5.96. The Hall–Kier alpha value is -1.92. The zero-order valence-electron chi connectivity index (χ0n) is 10.9. The molecule has 0 amide bonds. The topological polar surface area (TPSA) is 92.6 Å². The van der Waals surface area contributed by atoms with E-state index in [1.165, 1.54) is 6.39 Å². The molecule has 2 unspecified atom stereocenters. The van der Waals surface area contributed by atoms with Crippen molar-refractivity contribution in [1.82, 2.24) is 9.88 Å². The third-order valence-electron chi connectivity index (χ3n) is 3.07. The van der Waals surface area contributed by atoms with Gasteiger partial charge in [-0.15, -0.1) is 0 Å². The van der Waals surface area contributed by atoms with E-state index in [0.717, 1.165) is 11.1 Å². The monoisotopic (exact) mass is 263 g/mol. The molecule has 6 nitrogen and oxygen atoms in total. The van der Waals surface area contributed by atoms with Gasteiger partial charge in [0.2, 0.25) is 0 Å². The molecule has 0 saturated heterocycles. The molecule has 2 aromatic rings. The molecule has 1 aromatic heterocycles. The minimum absolute atomic E-state index is 0.0860. The number of fused-ring (bicyclic) bond motifs is 1. The molecule has 0 aliphatic carbocycles. The van der Waals surface area contributed by atoms with Gasteiger partial charge in [-0.25, -0.2) is 4.98 Å². The number of hydrogen-bond donors (Lipinski definition) is 2. The maximum Gasteiger partial charge on any atom is 0.304 e. The molecule has 0 aliphatic rings. The number of carboxylic acid groups (broad SMARTS) is 1. The van der Waals surface area contributed by atoms with Gasteiger partial charge in [0.25, 0.3) is 0 Å². The molecule has 0 spiro atoms. The minimum Gasteiger partial charge on any atom is -0.481 e. The van der Waals surface area contributed by atoms with Gasteiger partial charge in [0.05, 0.1) is 12.5 Å². The van der Waals surface area contributed by atoms with Crippen LogP contribution in [0.25, 0.3) is 11.1 Å². The lowest BCUT2D eigenvalue weighted by molar-refractivity contribution is -0.137. The van der Waals surface area contributed by atoms with E-state index in [1.54, 1.807) is 0 Å². The lowest BCUT2D eigenvalue weighted by atomic mass is 9.96. The van der Waals surface area contributed by atoms with E-state index in [4.69, 9.17) is 15.3 Å². The molecule has 3 N–H and O–H groups in total. The van der Waals surface area contributed by atoms with Crippen molar-refractivity contribution < 1.29 is 14.3 Å². The van der Waals surface area contributed by atoms with Crippen molar-refractivity contribution in [2.45, 2.75) is 18.5 Å². The van der Waals surface area contributed by atoms with Crippen LogP contribution in [0.15, 0.2) is 29.0 Å². The molecule has 2 rings (SSSR count). The van der Waals surface area contributed by atoms with Crippen LogP contribution in [0, 0.1) is 0 Å². The zero-order valence-corrected chi connectivity index (χ0v) is 10.9. The van der Waals surface area contributed by atoms with Gasteiger partial charge >= 0.3 is 5.97 Å². The number of hydrogen-bond acceptors (Lipinski definition) is 5. The van der Waals surface area contributed by atoms with Crippen LogP contribution in [0.5, 0.6) is 0 Å². The number of rotatable bonds is 5. The number of benzene rings is 1. The Morgan fingerprint density at radius 3 is 2.89 bits per heavy atom. The molecule has 0 radical (unpaired) electrons. The molecule has 102 valence electrons. The second kappa shape index (κ2) is 5.38. The molecule has 2 atom stereocenters. The molecule has 1 aromatic carbocycles. The maximum absolute atomic E-state index is 10.8. The van der Waals surface area contributed by atoms with Gasteiger partial charge in [-0.3, -0.25) is 4.79 Å². The fourth-order valence-electron chi connectivity index (χ4n) is 2.30. The Bertz CT molecular complexity index is 579. The van der Waals surface area contributed by atoms with Gasteiger partial charge in [0.15, 0.2) is 12.0 Å². The van der Waals surface area contributed by atoms with E-state index in [-0.39, 0.29) is 12.5 Å². The summed E-state index contributed by atoms with van der Waals surface area (Å²) in [5, 5.41) is 8.87. The number of carbonyl (C=O) groups is 1. The number of nitrogens with two attached hydrogens (primary N) is 1. The highest BCUT2D eigenvalue weighted by atomic mass is 16.4. The number of aliphatic carboxylic acids is 1. The van der Waals surface area contributed by atoms with Crippen LogP contribution in [0.4, 0.5) is 0 Å². The molecule has 19 heavy (non-hydrogen) atoms. The molecule has 0 saturated carbocycles. The van der Waals surface area contributed by atoms with Crippen molar-refractivity contribution in [3.05, 3.63) is 30.2 Å². The predicted molar refractivity (Wildman–Crippen MR) is 70.7 cm³/mol. The molecular formula is C13H17N3O3. The number of aromatic nitrogens is 1. The third-order valence-corrected chi connectivity index (χ3v) is 3.07. The lowest BCUT2D eigenvalue weighted by Gasteiger charge is -2.29. The second-order valence-electron chi connectivity index (χ2n) is 4.75. The van der Waals surface area contributed by atoms with E-state index in [0.29, 0.717) is 5.58 Å². The van der Waals surface area contributed by atoms with Gasteiger partial charge in [0, 0.05) is 6.04 Å². The first kappa shape index (κ1) is 13.5. The van der Waals surface area contributed by atoms with Gasteiger partial charge in [-0.05, 0) is 31.8 Å². The number of oxazole rings is 1. The van der Waals surface area contributed by atoms with Crippen molar-refractivity contribution in [2.24, 2.45) is 5.73 Å². The summed E-state index contributed by atoms with van der Waals surface area (Å²) >= 11 is 0. The summed E-state index contributed by atoms with van der Waals surface area (Å²) in [5.74, 6) is -0.903. The number of carboxylic acids is 1. The van der Waals surface area contributed by atoms with Crippen molar-refractivity contribution in [3.63, 3.8) is 0 Å². The van der Waals surface area contributed by atoms with Crippen LogP contribution in [-0.2, 0) is 4.79 Å². The van der Waals surface area contributed by atoms with Crippen molar-refractivity contribution in [3.8, 4) is 0 Å². The molecule has 0 fully saturated rings.